The van der Waals surface area contributed by atoms with Gasteiger partial charge in [0, 0.05) is 6.42 Å². The molecule has 0 fully saturated rings. The van der Waals surface area contributed by atoms with Crippen molar-refractivity contribution in [2.45, 2.75) is 12.3 Å². The zero-order chi connectivity index (χ0) is 16.2. The van der Waals surface area contributed by atoms with Gasteiger partial charge in [0.2, 0.25) is 0 Å². The first kappa shape index (κ1) is 17.5. The smallest absolute Gasteiger partial charge is 0.127 e. The lowest BCUT2D eigenvalue weighted by atomic mass is 9.88. The maximum atomic E-state index is 6.06. The first-order valence-electron chi connectivity index (χ1n) is 8.62. The average Bonchev–Trinajstić information content (AvgIpc) is 2.85. The molecule has 1 heterocycles. The van der Waals surface area contributed by atoms with E-state index in [4.69, 9.17) is 4.74 Å². The molecule has 0 saturated heterocycles. The molecule has 0 amide bonds. The van der Waals surface area contributed by atoms with Gasteiger partial charge in [0.1, 0.15) is 11.5 Å². The predicted molar refractivity (Wildman–Crippen MR) is 96.6 cm³/mol. The van der Waals surface area contributed by atoms with Crippen molar-refractivity contribution in [3.8, 4) is 11.5 Å². The van der Waals surface area contributed by atoms with E-state index in [-0.39, 0.29) is 12.4 Å². The molecule has 128 valence electrons. The molecule has 3 aromatic carbocycles. The Morgan fingerprint density at radius 3 is 2.28 bits per heavy atom. The first-order valence-corrected chi connectivity index (χ1v) is 8.62. The maximum Gasteiger partial charge on any atom is 0.127 e. The van der Waals surface area contributed by atoms with Crippen molar-refractivity contribution in [1.82, 2.24) is 0 Å². The molecule has 25 heavy (non-hydrogen) atoms. The van der Waals surface area contributed by atoms with E-state index >= 15 is 0 Å². The van der Waals surface area contributed by atoms with Crippen LogP contribution < -0.4 is 22.5 Å². The molecule has 3 heteroatoms. The molecule has 2 nitrogen and oxygen atoms in total. The molecule has 4 rings (SSSR count). The number of quaternary nitrogens is 1. The van der Waals surface area contributed by atoms with E-state index in [0.717, 1.165) is 31.0 Å². The molecule has 1 unspecified atom stereocenters. The van der Waals surface area contributed by atoms with Gasteiger partial charge in [-0.3, -0.25) is 0 Å². The second kappa shape index (κ2) is 8.19. The maximum absolute atomic E-state index is 6.06. The molecule has 1 aliphatic heterocycles. The minimum absolute atomic E-state index is 0. The van der Waals surface area contributed by atoms with Gasteiger partial charge in [-0.15, -0.1) is 0 Å². The highest BCUT2D eigenvalue weighted by atomic mass is 35.5. The Morgan fingerprint density at radius 1 is 0.800 bits per heavy atom. The Hall–Kier alpha value is -2.29. The van der Waals surface area contributed by atoms with E-state index in [0.29, 0.717) is 5.92 Å². The minimum Gasteiger partial charge on any atom is -1.00 e. The van der Waals surface area contributed by atoms with Crippen LogP contribution in [0.1, 0.15) is 22.6 Å². The molecular formula is C22H22ClNO. The molecule has 0 saturated carbocycles. The number of halogens is 1. The van der Waals surface area contributed by atoms with Gasteiger partial charge in [0.05, 0.1) is 19.0 Å². The molecule has 0 aliphatic carbocycles. The molecule has 0 spiro atoms. The number of ether oxygens (including phenoxy) is 1. The van der Waals surface area contributed by atoms with E-state index < -0.39 is 0 Å². The van der Waals surface area contributed by atoms with Crippen molar-refractivity contribution < 1.29 is 22.5 Å². The van der Waals surface area contributed by atoms with Gasteiger partial charge in [0.25, 0.3) is 0 Å². The highest BCUT2D eigenvalue weighted by Crippen LogP contribution is 2.32. The molecule has 1 aliphatic rings. The van der Waals surface area contributed by atoms with E-state index in [2.05, 4.69) is 53.8 Å². The molecule has 1 atom stereocenters. The van der Waals surface area contributed by atoms with Gasteiger partial charge in [-0.2, -0.15) is 0 Å². The molecular weight excluding hydrogens is 330 g/mol. The second-order valence-corrected chi connectivity index (χ2v) is 6.30. The fourth-order valence-electron chi connectivity index (χ4n) is 3.48. The zero-order valence-corrected chi connectivity index (χ0v) is 14.8. The lowest BCUT2D eigenvalue weighted by Gasteiger charge is -2.18. The van der Waals surface area contributed by atoms with Gasteiger partial charge < -0.3 is 22.5 Å². The zero-order valence-electron chi connectivity index (χ0n) is 14.1. The summed E-state index contributed by atoms with van der Waals surface area (Å²) in [6.45, 7) is 2.24. The summed E-state index contributed by atoms with van der Waals surface area (Å²) < 4.78 is 6.06. The van der Waals surface area contributed by atoms with Crippen LogP contribution in [0.3, 0.4) is 0 Å². The standard InChI is InChI=1S/C22H21NO.ClH/c1-3-7-17(8-4-1)22-16-23-14-13-18-11-12-20(15-21(18)22)24-19-9-5-2-6-10-19;/h1-12,15,22-23H,13-14,16H2;1H. The van der Waals surface area contributed by atoms with Crippen LogP contribution in [0.15, 0.2) is 78.9 Å². The highest BCUT2D eigenvalue weighted by molar-refractivity contribution is 5.44. The van der Waals surface area contributed by atoms with Crippen LogP contribution in [0.25, 0.3) is 0 Å². The normalized spacial score (nSPS) is 16.2. The van der Waals surface area contributed by atoms with Crippen LogP contribution in [0.4, 0.5) is 0 Å². The topological polar surface area (TPSA) is 25.8 Å². The van der Waals surface area contributed by atoms with Gasteiger partial charge in [-0.25, -0.2) is 0 Å². The second-order valence-electron chi connectivity index (χ2n) is 6.30. The minimum atomic E-state index is 0. The summed E-state index contributed by atoms with van der Waals surface area (Å²) >= 11 is 0. The molecule has 3 aromatic rings. The fourth-order valence-corrected chi connectivity index (χ4v) is 3.48. The van der Waals surface area contributed by atoms with Crippen LogP contribution >= 0.6 is 0 Å². The van der Waals surface area contributed by atoms with Crippen molar-refractivity contribution in [2.24, 2.45) is 0 Å². The van der Waals surface area contributed by atoms with Gasteiger partial charge in [0.15, 0.2) is 0 Å². The van der Waals surface area contributed by atoms with Crippen molar-refractivity contribution in [3.05, 3.63) is 95.6 Å². The Bertz CT molecular complexity index is 805. The van der Waals surface area contributed by atoms with Crippen molar-refractivity contribution in [2.75, 3.05) is 13.1 Å². The number of hydrogen-bond donors (Lipinski definition) is 1. The molecule has 0 radical (unpaired) electrons. The summed E-state index contributed by atoms with van der Waals surface area (Å²) in [5.41, 5.74) is 4.23. The number of para-hydroxylation sites is 1. The van der Waals surface area contributed by atoms with Crippen LogP contribution in [0, 0.1) is 0 Å². The largest absolute Gasteiger partial charge is 1.00 e. The van der Waals surface area contributed by atoms with Gasteiger partial charge in [-0.05, 0) is 41.0 Å². The monoisotopic (exact) mass is 351 g/mol. The first-order chi connectivity index (χ1) is 11.9. The van der Waals surface area contributed by atoms with Gasteiger partial charge in [-0.1, -0.05) is 54.6 Å². The molecule has 0 aromatic heterocycles. The summed E-state index contributed by atoms with van der Waals surface area (Å²) in [6.07, 6.45) is 1.12. The number of rotatable bonds is 3. The van der Waals surface area contributed by atoms with Crippen molar-refractivity contribution in [3.63, 3.8) is 0 Å². The highest BCUT2D eigenvalue weighted by Gasteiger charge is 2.23. The van der Waals surface area contributed by atoms with Gasteiger partial charge >= 0.3 is 0 Å². The Labute approximate surface area is 155 Å². The van der Waals surface area contributed by atoms with Crippen LogP contribution in [-0.2, 0) is 6.42 Å². The van der Waals surface area contributed by atoms with Crippen LogP contribution in [0.2, 0.25) is 0 Å². The SMILES string of the molecule is [Cl-].c1ccc(Oc2ccc3c(c2)C(c2ccccc2)C[NH2+]CC3)cc1. The predicted octanol–water partition coefficient (Wildman–Crippen LogP) is 0.734. The number of nitrogens with two attached hydrogens (primary N) is 1. The fraction of sp³-hybridized carbons (Fsp3) is 0.182. The van der Waals surface area contributed by atoms with Crippen molar-refractivity contribution in [1.29, 1.82) is 0 Å². The third-order valence-electron chi connectivity index (χ3n) is 4.69. The summed E-state index contributed by atoms with van der Waals surface area (Å²) in [4.78, 5) is 0. The number of fused-ring (bicyclic) bond motifs is 1. The quantitative estimate of drug-likeness (QED) is 0.740. The Kier molecular flexibility index (Phi) is 5.75. The Balaban J connectivity index is 0.00000182. The summed E-state index contributed by atoms with van der Waals surface area (Å²) in [5, 5.41) is 2.43. The molecule has 0 bridgehead atoms. The van der Waals surface area contributed by atoms with E-state index in [1.807, 2.05) is 30.3 Å². The summed E-state index contributed by atoms with van der Waals surface area (Å²) in [6, 6.07) is 27.4. The third-order valence-corrected chi connectivity index (χ3v) is 4.69. The number of hydrogen-bond acceptors (Lipinski definition) is 1. The van der Waals surface area contributed by atoms with E-state index in [1.54, 1.807) is 0 Å². The average molecular weight is 352 g/mol. The van der Waals surface area contributed by atoms with Crippen molar-refractivity contribution >= 4 is 0 Å². The summed E-state index contributed by atoms with van der Waals surface area (Å²) in [7, 11) is 0. The Morgan fingerprint density at radius 2 is 1.52 bits per heavy atom. The van der Waals surface area contributed by atoms with Crippen LogP contribution in [-0.4, -0.2) is 13.1 Å². The molecule has 2 N–H and O–H groups in total. The van der Waals surface area contributed by atoms with E-state index in [1.165, 1.54) is 16.7 Å². The lowest BCUT2D eigenvalue weighted by Crippen LogP contribution is -3.00. The number of benzene rings is 3. The summed E-state index contributed by atoms with van der Waals surface area (Å²) in [5.74, 6) is 2.22. The van der Waals surface area contributed by atoms with Crippen LogP contribution in [0.5, 0.6) is 11.5 Å². The van der Waals surface area contributed by atoms with E-state index in [9.17, 15) is 0 Å². The third kappa shape index (κ3) is 4.04. The lowest BCUT2D eigenvalue weighted by molar-refractivity contribution is -0.654.